The molecule has 0 bridgehead atoms. The summed E-state index contributed by atoms with van der Waals surface area (Å²) in [5.41, 5.74) is 0.416. The first-order valence-corrected chi connectivity index (χ1v) is 6.07. The second-order valence-corrected chi connectivity index (χ2v) is 4.06. The number of carbonyl (C=O) groups excluding carboxylic acids is 1. The molecule has 0 unspecified atom stereocenters. The lowest BCUT2D eigenvalue weighted by Gasteiger charge is -2.03. The minimum Gasteiger partial charge on any atom is -0.350 e. The van der Waals surface area contributed by atoms with Crippen LogP contribution in [0.2, 0.25) is 0 Å². The van der Waals surface area contributed by atoms with Gasteiger partial charge in [-0.15, -0.1) is 0 Å². The third-order valence-electron chi connectivity index (χ3n) is 2.68. The van der Waals surface area contributed by atoms with Crippen LogP contribution in [-0.4, -0.2) is 36.9 Å². The lowest BCUT2D eigenvalue weighted by Crippen LogP contribution is -2.27. The first-order valence-electron chi connectivity index (χ1n) is 6.07. The van der Waals surface area contributed by atoms with Crippen LogP contribution in [-0.2, 0) is 13.1 Å². The highest BCUT2D eigenvalue weighted by Gasteiger charge is 2.10. The van der Waals surface area contributed by atoms with Gasteiger partial charge in [0.2, 0.25) is 0 Å². The fraction of sp³-hybridized carbons (Fsp3) is 0.364. The summed E-state index contributed by atoms with van der Waals surface area (Å²) in [5.74, 6) is -0.230. The smallest absolute Gasteiger partial charge is 0.306 e. The summed E-state index contributed by atoms with van der Waals surface area (Å²) in [6.45, 7) is 3.32. The molecular formula is C11H14N6O3. The average molecular weight is 278 g/mol. The molecule has 1 amide bonds. The fourth-order valence-corrected chi connectivity index (χ4v) is 1.61. The Morgan fingerprint density at radius 1 is 1.35 bits per heavy atom. The Bertz CT molecular complexity index is 617. The molecule has 1 N–H and O–H groups in total. The fourth-order valence-electron chi connectivity index (χ4n) is 1.61. The normalized spacial score (nSPS) is 10.4. The molecule has 2 aromatic heterocycles. The molecule has 2 aromatic rings. The van der Waals surface area contributed by atoms with Gasteiger partial charge < -0.3 is 5.32 Å². The van der Waals surface area contributed by atoms with Gasteiger partial charge in [0.1, 0.15) is 12.4 Å². The molecule has 106 valence electrons. The van der Waals surface area contributed by atoms with Crippen LogP contribution in [0.25, 0.3) is 0 Å². The SMILES string of the molecule is CCn1cc(C(=O)NCCn2cc([N+](=O)[O-])cn2)cn1. The molecule has 9 heteroatoms. The van der Waals surface area contributed by atoms with E-state index in [0.717, 1.165) is 0 Å². The predicted octanol–water partition coefficient (Wildman–Crippen LogP) is 0.438. The zero-order valence-corrected chi connectivity index (χ0v) is 10.9. The highest BCUT2D eigenvalue weighted by atomic mass is 16.6. The number of aromatic nitrogens is 4. The molecule has 0 spiro atoms. The molecule has 0 aliphatic rings. The zero-order valence-electron chi connectivity index (χ0n) is 10.9. The van der Waals surface area contributed by atoms with Crippen molar-refractivity contribution in [3.05, 3.63) is 40.5 Å². The summed E-state index contributed by atoms with van der Waals surface area (Å²) in [4.78, 5) is 21.7. The molecule has 2 rings (SSSR count). The number of nitrogens with zero attached hydrogens (tertiary/aromatic N) is 5. The number of nitro groups is 1. The minimum atomic E-state index is -0.513. The molecule has 0 aliphatic carbocycles. The van der Waals surface area contributed by atoms with E-state index in [-0.39, 0.29) is 11.6 Å². The van der Waals surface area contributed by atoms with Crippen LogP contribution in [0.1, 0.15) is 17.3 Å². The third kappa shape index (κ3) is 3.19. The first kappa shape index (κ1) is 13.7. The number of nitrogens with one attached hydrogen (secondary N) is 1. The molecule has 0 aromatic carbocycles. The number of rotatable bonds is 6. The number of aryl methyl sites for hydroxylation is 1. The van der Waals surface area contributed by atoms with Crippen LogP contribution >= 0.6 is 0 Å². The van der Waals surface area contributed by atoms with E-state index in [9.17, 15) is 14.9 Å². The van der Waals surface area contributed by atoms with Gasteiger partial charge in [0, 0.05) is 19.3 Å². The maximum Gasteiger partial charge on any atom is 0.306 e. The maximum atomic E-state index is 11.8. The topological polar surface area (TPSA) is 108 Å². The van der Waals surface area contributed by atoms with Gasteiger partial charge in [-0.2, -0.15) is 10.2 Å². The number of amides is 1. The van der Waals surface area contributed by atoms with Crippen molar-refractivity contribution in [2.75, 3.05) is 6.54 Å². The van der Waals surface area contributed by atoms with Crippen LogP contribution in [0.3, 0.4) is 0 Å². The largest absolute Gasteiger partial charge is 0.350 e. The second-order valence-electron chi connectivity index (χ2n) is 4.06. The molecule has 0 saturated heterocycles. The van der Waals surface area contributed by atoms with Gasteiger partial charge in [-0.25, -0.2) is 0 Å². The van der Waals surface area contributed by atoms with Gasteiger partial charge in [-0.05, 0) is 6.92 Å². The highest BCUT2D eigenvalue weighted by molar-refractivity contribution is 5.93. The van der Waals surface area contributed by atoms with Gasteiger partial charge in [-0.1, -0.05) is 0 Å². The van der Waals surface area contributed by atoms with E-state index < -0.39 is 4.92 Å². The number of hydrogen-bond donors (Lipinski definition) is 1. The molecule has 0 radical (unpaired) electrons. The Morgan fingerprint density at radius 2 is 2.10 bits per heavy atom. The van der Waals surface area contributed by atoms with Crippen LogP contribution in [0.15, 0.2) is 24.8 Å². The quantitative estimate of drug-likeness (QED) is 0.609. The van der Waals surface area contributed by atoms with Crippen LogP contribution < -0.4 is 5.32 Å². The molecule has 0 aliphatic heterocycles. The summed E-state index contributed by atoms with van der Waals surface area (Å²) in [6, 6.07) is 0. The summed E-state index contributed by atoms with van der Waals surface area (Å²) >= 11 is 0. The van der Waals surface area contributed by atoms with Crippen molar-refractivity contribution in [2.24, 2.45) is 0 Å². The van der Waals surface area contributed by atoms with Gasteiger partial charge in [0.15, 0.2) is 0 Å². The molecule has 0 atom stereocenters. The predicted molar refractivity (Wildman–Crippen MR) is 69.1 cm³/mol. The Kier molecular flexibility index (Phi) is 4.08. The number of hydrogen-bond acceptors (Lipinski definition) is 5. The van der Waals surface area contributed by atoms with Crippen LogP contribution in [0.5, 0.6) is 0 Å². The third-order valence-corrected chi connectivity index (χ3v) is 2.68. The monoisotopic (exact) mass is 278 g/mol. The highest BCUT2D eigenvalue weighted by Crippen LogP contribution is 2.07. The van der Waals surface area contributed by atoms with Crippen LogP contribution in [0.4, 0.5) is 5.69 Å². The van der Waals surface area contributed by atoms with Gasteiger partial charge >= 0.3 is 5.69 Å². The van der Waals surface area contributed by atoms with Crippen molar-refractivity contribution in [3.63, 3.8) is 0 Å². The van der Waals surface area contributed by atoms with Crippen molar-refractivity contribution in [1.82, 2.24) is 24.9 Å². The lowest BCUT2D eigenvalue weighted by molar-refractivity contribution is -0.385. The Hall–Kier alpha value is -2.71. The Morgan fingerprint density at radius 3 is 2.70 bits per heavy atom. The van der Waals surface area contributed by atoms with E-state index >= 15 is 0 Å². The summed E-state index contributed by atoms with van der Waals surface area (Å²) in [5, 5.41) is 21.0. The van der Waals surface area contributed by atoms with Gasteiger partial charge in [0.05, 0.1) is 23.2 Å². The summed E-state index contributed by atoms with van der Waals surface area (Å²) in [6.07, 6.45) is 5.65. The minimum absolute atomic E-state index is 0.0689. The first-order chi connectivity index (χ1) is 9.60. The van der Waals surface area contributed by atoms with E-state index in [1.807, 2.05) is 6.92 Å². The molecule has 20 heavy (non-hydrogen) atoms. The lowest BCUT2D eigenvalue weighted by atomic mass is 10.3. The molecule has 2 heterocycles. The number of carbonyl (C=O) groups is 1. The zero-order chi connectivity index (χ0) is 14.5. The van der Waals surface area contributed by atoms with E-state index in [1.165, 1.54) is 23.3 Å². The van der Waals surface area contributed by atoms with Gasteiger partial charge in [0.25, 0.3) is 5.91 Å². The van der Waals surface area contributed by atoms with Crippen molar-refractivity contribution in [1.29, 1.82) is 0 Å². The van der Waals surface area contributed by atoms with E-state index in [0.29, 0.717) is 25.2 Å². The van der Waals surface area contributed by atoms with E-state index in [4.69, 9.17) is 0 Å². The maximum absolute atomic E-state index is 11.8. The second kappa shape index (κ2) is 5.95. The molecule has 0 saturated carbocycles. The van der Waals surface area contributed by atoms with Crippen molar-refractivity contribution in [3.8, 4) is 0 Å². The Balaban J connectivity index is 1.82. The summed E-state index contributed by atoms with van der Waals surface area (Å²) < 4.78 is 3.07. The van der Waals surface area contributed by atoms with Crippen molar-refractivity contribution >= 4 is 11.6 Å². The van der Waals surface area contributed by atoms with Crippen molar-refractivity contribution in [2.45, 2.75) is 20.0 Å². The summed E-state index contributed by atoms with van der Waals surface area (Å²) in [7, 11) is 0. The standard InChI is InChI=1S/C11H14N6O3/c1-2-15-7-9(5-13-15)11(18)12-3-4-16-8-10(6-14-16)17(19)20/h5-8H,2-4H2,1H3,(H,12,18). The van der Waals surface area contributed by atoms with Crippen LogP contribution in [0, 0.1) is 10.1 Å². The van der Waals surface area contributed by atoms with Gasteiger partial charge in [-0.3, -0.25) is 24.3 Å². The van der Waals surface area contributed by atoms with E-state index in [2.05, 4.69) is 15.5 Å². The Labute approximate surface area is 114 Å². The van der Waals surface area contributed by atoms with Crippen molar-refractivity contribution < 1.29 is 9.72 Å². The molecular weight excluding hydrogens is 264 g/mol. The average Bonchev–Trinajstić information content (AvgIpc) is 3.07. The van der Waals surface area contributed by atoms with E-state index in [1.54, 1.807) is 10.9 Å². The molecule has 9 nitrogen and oxygen atoms in total. The molecule has 0 fully saturated rings.